The molecule has 2 atom stereocenters. The zero-order valence-corrected chi connectivity index (χ0v) is 12.0. The maximum atomic E-state index is 5.62. The summed E-state index contributed by atoms with van der Waals surface area (Å²) < 4.78 is 16.3. The number of rotatable bonds is 5. The number of methoxy groups -OCH3 is 2. The highest BCUT2D eigenvalue weighted by Crippen LogP contribution is 2.30. The van der Waals surface area contributed by atoms with Crippen LogP contribution in [0.4, 0.5) is 0 Å². The van der Waals surface area contributed by atoms with E-state index in [0.717, 1.165) is 18.7 Å². The lowest BCUT2D eigenvalue weighted by Gasteiger charge is -2.29. The van der Waals surface area contributed by atoms with Crippen molar-refractivity contribution in [1.29, 1.82) is 0 Å². The molecule has 1 N–H and O–H groups in total. The summed E-state index contributed by atoms with van der Waals surface area (Å²) in [5.74, 6) is 1.39. The van der Waals surface area contributed by atoms with Crippen LogP contribution in [0.3, 0.4) is 0 Å². The van der Waals surface area contributed by atoms with Crippen molar-refractivity contribution in [1.82, 2.24) is 10.3 Å². The Labute approximate surface area is 114 Å². The second-order valence-electron chi connectivity index (χ2n) is 5.03. The van der Waals surface area contributed by atoms with Crippen LogP contribution in [-0.2, 0) is 11.3 Å². The quantitative estimate of drug-likeness (QED) is 0.880. The third-order valence-electron chi connectivity index (χ3n) is 3.91. The summed E-state index contributed by atoms with van der Waals surface area (Å²) in [5.41, 5.74) is 0.831. The number of aromatic nitrogens is 1. The fraction of sp³-hybridized carbons (Fsp3) is 0.643. The van der Waals surface area contributed by atoms with Crippen LogP contribution in [0.5, 0.6) is 11.5 Å². The van der Waals surface area contributed by atoms with Crippen LogP contribution in [0.2, 0.25) is 0 Å². The predicted molar refractivity (Wildman–Crippen MR) is 72.6 cm³/mol. The summed E-state index contributed by atoms with van der Waals surface area (Å²) in [6.07, 6.45) is 2.93. The molecule has 0 saturated carbocycles. The smallest absolute Gasteiger partial charge is 0.183 e. The van der Waals surface area contributed by atoms with Gasteiger partial charge in [-0.3, -0.25) is 4.98 Å². The Bertz CT molecular complexity index is 439. The summed E-state index contributed by atoms with van der Waals surface area (Å²) in [6.45, 7) is 5.70. The molecule has 1 aliphatic heterocycles. The van der Waals surface area contributed by atoms with Crippen molar-refractivity contribution in [3.05, 3.63) is 18.0 Å². The Hall–Kier alpha value is -1.33. The molecule has 106 valence electrons. The van der Waals surface area contributed by atoms with E-state index in [4.69, 9.17) is 14.2 Å². The first-order chi connectivity index (χ1) is 9.10. The van der Waals surface area contributed by atoms with Gasteiger partial charge < -0.3 is 19.5 Å². The second kappa shape index (κ2) is 5.75. The van der Waals surface area contributed by atoms with Gasteiger partial charge in [-0.1, -0.05) is 0 Å². The first-order valence-corrected chi connectivity index (χ1v) is 6.53. The molecule has 1 aliphatic rings. The molecule has 1 aromatic rings. The lowest BCUT2D eigenvalue weighted by atomic mass is 9.94. The molecular weight excluding hydrogens is 244 g/mol. The van der Waals surface area contributed by atoms with E-state index in [1.807, 2.05) is 0 Å². The maximum absolute atomic E-state index is 5.62. The van der Waals surface area contributed by atoms with Crippen molar-refractivity contribution in [2.75, 3.05) is 20.8 Å². The Balaban J connectivity index is 2.11. The average molecular weight is 266 g/mol. The molecule has 5 nitrogen and oxygen atoms in total. The second-order valence-corrected chi connectivity index (χ2v) is 5.03. The molecule has 0 bridgehead atoms. The van der Waals surface area contributed by atoms with Gasteiger partial charge in [0, 0.05) is 31.0 Å². The maximum Gasteiger partial charge on any atom is 0.183 e. The number of hydrogen-bond acceptors (Lipinski definition) is 5. The van der Waals surface area contributed by atoms with Gasteiger partial charge >= 0.3 is 0 Å². The summed E-state index contributed by atoms with van der Waals surface area (Å²) in [6, 6.07) is 1.80. The number of nitrogens with one attached hydrogen (secondary N) is 1. The number of nitrogens with zero attached hydrogens (tertiary/aromatic N) is 1. The number of pyridine rings is 1. The topological polar surface area (TPSA) is 52.6 Å². The monoisotopic (exact) mass is 266 g/mol. The van der Waals surface area contributed by atoms with E-state index in [9.17, 15) is 0 Å². The van der Waals surface area contributed by atoms with Gasteiger partial charge in [-0.2, -0.15) is 0 Å². The van der Waals surface area contributed by atoms with Gasteiger partial charge in [-0.15, -0.1) is 0 Å². The number of ether oxygens (including phenoxy) is 3. The minimum atomic E-state index is -0.0181. The van der Waals surface area contributed by atoms with Crippen LogP contribution < -0.4 is 14.8 Å². The van der Waals surface area contributed by atoms with Crippen LogP contribution in [0, 0.1) is 0 Å². The minimum absolute atomic E-state index is 0.0181. The van der Waals surface area contributed by atoms with Crippen LogP contribution in [0.15, 0.2) is 12.3 Å². The molecule has 1 saturated heterocycles. The largest absolute Gasteiger partial charge is 0.493 e. The highest BCUT2D eigenvalue weighted by atomic mass is 16.5. The van der Waals surface area contributed by atoms with Crippen molar-refractivity contribution in [3.8, 4) is 11.5 Å². The highest BCUT2D eigenvalue weighted by molar-refractivity contribution is 5.42. The summed E-state index contributed by atoms with van der Waals surface area (Å²) in [7, 11) is 3.26. The third-order valence-corrected chi connectivity index (χ3v) is 3.91. The van der Waals surface area contributed by atoms with E-state index in [1.54, 1.807) is 26.5 Å². The van der Waals surface area contributed by atoms with Gasteiger partial charge in [0.25, 0.3) is 0 Å². The van der Waals surface area contributed by atoms with Gasteiger partial charge in [0.2, 0.25) is 0 Å². The molecule has 1 aromatic heterocycles. The average Bonchev–Trinajstić information content (AvgIpc) is 2.76. The first-order valence-electron chi connectivity index (χ1n) is 6.53. The molecule has 1 fully saturated rings. The molecule has 0 aliphatic carbocycles. The van der Waals surface area contributed by atoms with Crippen molar-refractivity contribution in [3.63, 3.8) is 0 Å². The SMILES string of the molecule is COc1ccnc(CNC2(C)CCOC2C)c1OC. The van der Waals surface area contributed by atoms with E-state index in [2.05, 4.69) is 24.1 Å². The van der Waals surface area contributed by atoms with Crippen molar-refractivity contribution in [2.24, 2.45) is 0 Å². The summed E-state index contributed by atoms with van der Waals surface area (Å²) in [5, 5.41) is 3.53. The Morgan fingerprint density at radius 1 is 1.47 bits per heavy atom. The lowest BCUT2D eigenvalue weighted by Crippen LogP contribution is -2.47. The van der Waals surface area contributed by atoms with Crippen LogP contribution in [-0.4, -0.2) is 37.5 Å². The fourth-order valence-corrected chi connectivity index (χ4v) is 2.33. The van der Waals surface area contributed by atoms with Crippen LogP contribution >= 0.6 is 0 Å². The lowest BCUT2D eigenvalue weighted by molar-refractivity contribution is 0.0879. The Morgan fingerprint density at radius 2 is 2.26 bits per heavy atom. The van der Waals surface area contributed by atoms with Crippen molar-refractivity contribution < 1.29 is 14.2 Å². The van der Waals surface area contributed by atoms with Crippen molar-refractivity contribution in [2.45, 2.75) is 38.5 Å². The van der Waals surface area contributed by atoms with E-state index in [-0.39, 0.29) is 11.6 Å². The Morgan fingerprint density at radius 3 is 2.84 bits per heavy atom. The minimum Gasteiger partial charge on any atom is -0.493 e. The fourth-order valence-electron chi connectivity index (χ4n) is 2.33. The predicted octanol–water partition coefficient (Wildman–Crippen LogP) is 1.76. The highest BCUT2D eigenvalue weighted by Gasteiger charge is 2.36. The van der Waals surface area contributed by atoms with Gasteiger partial charge in [-0.25, -0.2) is 0 Å². The molecule has 2 unspecified atom stereocenters. The van der Waals surface area contributed by atoms with Gasteiger partial charge in [-0.05, 0) is 20.3 Å². The molecular formula is C14H22N2O3. The first kappa shape index (κ1) is 14.1. The molecule has 0 aromatic carbocycles. The summed E-state index contributed by atoms with van der Waals surface area (Å²) >= 11 is 0. The van der Waals surface area contributed by atoms with E-state index in [0.29, 0.717) is 18.0 Å². The summed E-state index contributed by atoms with van der Waals surface area (Å²) in [4.78, 5) is 4.37. The molecule has 0 amide bonds. The molecule has 5 heteroatoms. The molecule has 2 rings (SSSR count). The number of hydrogen-bond donors (Lipinski definition) is 1. The van der Waals surface area contributed by atoms with Gasteiger partial charge in [0.15, 0.2) is 11.5 Å². The Kier molecular flexibility index (Phi) is 4.27. The van der Waals surface area contributed by atoms with Crippen LogP contribution in [0.1, 0.15) is 26.0 Å². The van der Waals surface area contributed by atoms with E-state index < -0.39 is 0 Å². The zero-order chi connectivity index (χ0) is 13.9. The molecule has 19 heavy (non-hydrogen) atoms. The standard InChI is InChI=1S/C14H22N2O3/c1-10-14(2,6-8-19-10)16-9-11-13(18-4)12(17-3)5-7-15-11/h5,7,10,16H,6,8-9H2,1-4H3. The third kappa shape index (κ3) is 2.82. The molecule has 2 heterocycles. The van der Waals surface area contributed by atoms with E-state index in [1.165, 1.54) is 0 Å². The zero-order valence-electron chi connectivity index (χ0n) is 12.0. The van der Waals surface area contributed by atoms with Crippen molar-refractivity contribution >= 4 is 0 Å². The van der Waals surface area contributed by atoms with Crippen LogP contribution in [0.25, 0.3) is 0 Å². The normalized spacial score (nSPS) is 26.4. The van der Waals surface area contributed by atoms with E-state index >= 15 is 0 Å². The van der Waals surface area contributed by atoms with Gasteiger partial charge in [0.1, 0.15) is 0 Å². The molecule has 0 spiro atoms. The van der Waals surface area contributed by atoms with Gasteiger partial charge in [0.05, 0.1) is 26.0 Å². The molecule has 0 radical (unpaired) electrons.